The molecule has 0 aliphatic heterocycles. The maximum atomic E-state index is 13.5. The van der Waals surface area contributed by atoms with E-state index in [1.807, 2.05) is 0 Å². The molecule has 4 rings (SSSR count). The third-order valence-corrected chi connectivity index (χ3v) is 5.77. The number of nitrogens with one attached hydrogen (secondary N) is 2. The van der Waals surface area contributed by atoms with Gasteiger partial charge in [-0.15, -0.1) is 0 Å². The Labute approximate surface area is 170 Å². The van der Waals surface area contributed by atoms with E-state index in [4.69, 9.17) is 11.0 Å². The lowest BCUT2D eigenvalue weighted by Crippen LogP contribution is -2.13. The molecule has 0 aliphatic carbocycles. The summed E-state index contributed by atoms with van der Waals surface area (Å²) in [6.45, 7) is 1.79. The van der Waals surface area contributed by atoms with Crippen molar-refractivity contribution < 1.29 is 12.8 Å². The molecular weight excluding hydrogens is 409 g/mol. The highest BCUT2D eigenvalue weighted by Crippen LogP contribution is 2.25. The second-order valence-electron chi connectivity index (χ2n) is 6.40. The van der Waals surface area contributed by atoms with Gasteiger partial charge in [-0.3, -0.25) is 9.82 Å². The van der Waals surface area contributed by atoms with Gasteiger partial charge in [-0.05, 0) is 49.4 Å². The van der Waals surface area contributed by atoms with Gasteiger partial charge in [-0.2, -0.15) is 10.4 Å². The number of fused-ring (bicyclic) bond motifs is 1. The monoisotopic (exact) mass is 423 g/mol. The number of rotatable bonds is 4. The van der Waals surface area contributed by atoms with Crippen molar-refractivity contribution >= 4 is 32.6 Å². The molecule has 11 heteroatoms. The van der Waals surface area contributed by atoms with Gasteiger partial charge in [0.15, 0.2) is 11.5 Å². The minimum absolute atomic E-state index is 0.218. The number of hydrogen-bond donors (Lipinski definition) is 3. The number of nitrogens with two attached hydrogens (primary N) is 1. The molecule has 0 amide bonds. The molecule has 4 aromatic rings. The van der Waals surface area contributed by atoms with E-state index in [-0.39, 0.29) is 16.1 Å². The average molecular weight is 423 g/mol. The molecule has 30 heavy (non-hydrogen) atoms. The number of sulfonamides is 1. The van der Waals surface area contributed by atoms with Crippen LogP contribution in [0.2, 0.25) is 0 Å². The lowest BCUT2D eigenvalue weighted by molar-refractivity contribution is 0.599. The summed E-state index contributed by atoms with van der Waals surface area (Å²) in [7, 11) is -4.00. The summed E-state index contributed by atoms with van der Waals surface area (Å²) >= 11 is 0. The maximum Gasteiger partial charge on any atom is 0.261 e. The van der Waals surface area contributed by atoms with E-state index in [1.165, 1.54) is 0 Å². The number of aromatic nitrogens is 4. The molecule has 0 aliphatic rings. The van der Waals surface area contributed by atoms with E-state index < -0.39 is 15.8 Å². The normalized spacial score (nSPS) is 11.4. The SMILES string of the molecule is Cc1nc(-c2ccc(NS(=O)(=O)c3ccc(F)c(C#N)c3)cc2)nc2n[nH]c(N)c12. The van der Waals surface area contributed by atoms with Crippen LogP contribution in [0.4, 0.5) is 15.9 Å². The summed E-state index contributed by atoms with van der Waals surface area (Å²) in [5.41, 5.74) is 7.49. The molecule has 9 nitrogen and oxygen atoms in total. The average Bonchev–Trinajstić information content (AvgIpc) is 3.09. The largest absolute Gasteiger partial charge is 0.383 e. The summed E-state index contributed by atoms with van der Waals surface area (Å²) in [6.07, 6.45) is 0. The zero-order chi connectivity index (χ0) is 21.5. The lowest BCUT2D eigenvalue weighted by atomic mass is 10.2. The third kappa shape index (κ3) is 3.40. The van der Waals surface area contributed by atoms with Crippen molar-refractivity contribution in [3.63, 3.8) is 0 Å². The molecule has 0 atom stereocenters. The topological polar surface area (TPSA) is 150 Å². The first-order chi connectivity index (χ1) is 14.3. The molecule has 2 heterocycles. The van der Waals surface area contributed by atoms with E-state index in [1.54, 1.807) is 37.3 Å². The van der Waals surface area contributed by atoms with Crippen molar-refractivity contribution in [1.82, 2.24) is 20.2 Å². The Balaban J connectivity index is 1.62. The second-order valence-corrected chi connectivity index (χ2v) is 8.09. The predicted molar refractivity (Wildman–Crippen MR) is 108 cm³/mol. The van der Waals surface area contributed by atoms with Gasteiger partial charge >= 0.3 is 0 Å². The molecule has 2 aromatic heterocycles. The highest BCUT2D eigenvalue weighted by atomic mass is 32.2. The van der Waals surface area contributed by atoms with Gasteiger partial charge in [-0.1, -0.05) is 0 Å². The van der Waals surface area contributed by atoms with Crippen LogP contribution in [0.5, 0.6) is 0 Å². The highest BCUT2D eigenvalue weighted by Gasteiger charge is 2.17. The molecule has 0 radical (unpaired) electrons. The van der Waals surface area contributed by atoms with Crippen molar-refractivity contribution in [3.8, 4) is 17.5 Å². The summed E-state index contributed by atoms with van der Waals surface area (Å²) < 4.78 is 40.9. The predicted octanol–water partition coefficient (Wildman–Crippen LogP) is 2.72. The molecule has 2 aromatic carbocycles. The van der Waals surface area contributed by atoms with Crippen molar-refractivity contribution in [2.75, 3.05) is 10.5 Å². The minimum Gasteiger partial charge on any atom is -0.383 e. The summed E-state index contributed by atoms with van der Waals surface area (Å²) in [6, 6.07) is 11.0. The number of nitrogens with zero attached hydrogens (tertiary/aromatic N) is 4. The Kier molecular flexibility index (Phi) is 4.56. The van der Waals surface area contributed by atoms with Crippen LogP contribution in [0.15, 0.2) is 47.4 Å². The van der Waals surface area contributed by atoms with Crippen molar-refractivity contribution in [3.05, 3.63) is 59.5 Å². The summed E-state index contributed by atoms with van der Waals surface area (Å²) in [4.78, 5) is 8.58. The minimum atomic E-state index is -4.00. The Morgan fingerprint density at radius 3 is 2.60 bits per heavy atom. The number of H-pyrrole nitrogens is 1. The van der Waals surface area contributed by atoms with Crippen LogP contribution in [-0.4, -0.2) is 28.6 Å². The summed E-state index contributed by atoms with van der Waals surface area (Å²) in [5, 5.41) is 16.3. The molecular formula is C19H14FN7O2S. The number of benzene rings is 2. The van der Waals surface area contributed by atoms with Crippen LogP contribution in [0.1, 0.15) is 11.3 Å². The number of hydrogen-bond acceptors (Lipinski definition) is 7. The van der Waals surface area contributed by atoms with Crippen molar-refractivity contribution in [1.29, 1.82) is 5.26 Å². The highest BCUT2D eigenvalue weighted by molar-refractivity contribution is 7.92. The van der Waals surface area contributed by atoms with E-state index in [0.717, 1.165) is 18.2 Å². The Hall–Kier alpha value is -4.04. The molecule has 0 unspecified atom stereocenters. The van der Waals surface area contributed by atoms with E-state index in [0.29, 0.717) is 33.9 Å². The number of aromatic amines is 1. The van der Waals surface area contributed by atoms with Gasteiger partial charge in [0.25, 0.3) is 10.0 Å². The van der Waals surface area contributed by atoms with Crippen molar-refractivity contribution in [2.45, 2.75) is 11.8 Å². The molecule has 0 bridgehead atoms. The Bertz CT molecular complexity index is 1420. The maximum absolute atomic E-state index is 13.5. The lowest BCUT2D eigenvalue weighted by Gasteiger charge is -2.09. The molecule has 0 spiro atoms. The quantitative estimate of drug-likeness (QED) is 0.456. The number of nitrogen functional groups attached to an aromatic ring is 1. The molecule has 4 N–H and O–H groups in total. The number of anilines is 2. The smallest absolute Gasteiger partial charge is 0.261 e. The van der Waals surface area contributed by atoms with Gasteiger partial charge in [0, 0.05) is 11.3 Å². The van der Waals surface area contributed by atoms with Gasteiger partial charge in [0.05, 0.1) is 21.5 Å². The van der Waals surface area contributed by atoms with Gasteiger partial charge in [0.1, 0.15) is 17.7 Å². The van der Waals surface area contributed by atoms with Gasteiger partial charge < -0.3 is 5.73 Å². The van der Waals surface area contributed by atoms with Crippen LogP contribution in [-0.2, 0) is 10.0 Å². The first-order valence-corrected chi connectivity index (χ1v) is 10.1. The fourth-order valence-electron chi connectivity index (χ4n) is 2.91. The van der Waals surface area contributed by atoms with Crippen molar-refractivity contribution in [2.24, 2.45) is 0 Å². The summed E-state index contributed by atoms with van der Waals surface area (Å²) in [5.74, 6) is 0.0176. The number of halogens is 1. The van der Waals surface area contributed by atoms with E-state index in [9.17, 15) is 12.8 Å². The van der Waals surface area contributed by atoms with E-state index >= 15 is 0 Å². The first kappa shape index (κ1) is 19.3. The Morgan fingerprint density at radius 2 is 1.90 bits per heavy atom. The molecule has 0 saturated heterocycles. The van der Waals surface area contributed by atoms with Gasteiger partial charge in [-0.25, -0.2) is 22.8 Å². The molecule has 0 fully saturated rings. The van der Waals surface area contributed by atoms with Crippen LogP contribution < -0.4 is 10.5 Å². The zero-order valence-electron chi connectivity index (χ0n) is 15.5. The second kappa shape index (κ2) is 7.09. The fraction of sp³-hybridized carbons (Fsp3) is 0.0526. The number of nitriles is 1. The standard InChI is InChI=1S/C19H14FN7O2S/c1-10-16-17(22)25-26-19(16)24-18(23-10)11-2-4-13(5-3-11)27-30(28,29)14-6-7-15(20)12(8-14)9-21/h2-8,27H,1H3,(H3,22,23,24,25,26). The van der Waals surface area contributed by atoms with Crippen LogP contribution in [0.25, 0.3) is 22.4 Å². The first-order valence-electron chi connectivity index (χ1n) is 8.59. The van der Waals surface area contributed by atoms with Crippen LogP contribution >= 0.6 is 0 Å². The third-order valence-electron chi connectivity index (χ3n) is 4.39. The van der Waals surface area contributed by atoms with E-state index in [2.05, 4.69) is 24.9 Å². The van der Waals surface area contributed by atoms with Crippen LogP contribution in [0.3, 0.4) is 0 Å². The Morgan fingerprint density at radius 1 is 1.17 bits per heavy atom. The van der Waals surface area contributed by atoms with Gasteiger partial charge in [0.2, 0.25) is 0 Å². The zero-order valence-corrected chi connectivity index (χ0v) is 16.3. The molecule has 150 valence electrons. The fourth-order valence-corrected chi connectivity index (χ4v) is 4.00. The molecule has 0 saturated carbocycles. The van der Waals surface area contributed by atoms with Crippen LogP contribution in [0, 0.1) is 24.1 Å². The number of aryl methyl sites for hydroxylation is 1.